The van der Waals surface area contributed by atoms with E-state index in [2.05, 4.69) is 55.6 Å². The monoisotopic (exact) mass is 405 g/mol. The highest BCUT2D eigenvalue weighted by Gasteiger charge is 2.47. The van der Waals surface area contributed by atoms with Gasteiger partial charge in [0.05, 0.1) is 0 Å². The first-order valence-corrected chi connectivity index (χ1v) is 10.7. The van der Waals surface area contributed by atoms with Crippen LogP contribution in [0.5, 0.6) is 0 Å². The van der Waals surface area contributed by atoms with Gasteiger partial charge >= 0.3 is 0 Å². The minimum Gasteiger partial charge on any atom is -0.317 e. The summed E-state index contributed by atoms with van der Waals surface area (Å²) in [4.78, 5) is 0. The van der Waals surface area contributed by atoms with Crippen LogP contribution in [0.25, 0.3) is 0 Å². The largest absolute Gasteiger partial charge is 0.317 e. The Hall–Kier alpha value is 0.690. The van der Waals surface area contributed by atoms with Crippen LogP contribution in [0, 0.1) is 35.5 Å². The lowest BCUT2D eigenvalue weighted by Gasteiger charge is -2.46. The molecule has 2 heteroatoms. The molecular formula is C19H36IN. The second kappa shape index (κ2) is 8.52. The Morgan fingerprint density at radius 2 is 1.71 bits per heavy atom. The van der Waals surface area contributed by atoms with E-state index >= 15 is 0 Å². The van der Waals surface area contributed by atoms with Crippen molar-refractivity contribution in [3.63, 3.8) is 0 Å². The van der Waals surface area contributed by atoms with Crippen LogP contribution in [-0.2, 0) is 0 Å². The summed E-state index contributed by atoms with van der Waals surface area (Å²) < 4.78 is 0.930. The van der Waals surface area contributed by atoms with Crippen LogP contribution in [0.1, 0.15) is 66.2 Å². The van der Waals surface area contributed by atoms with Crippen molar-refractivity contribution < 1.29 is 0 Å². The quantitative estimate of drug-likeness (QED) is 0.348. The van der Waals surface area contributed by atoms with Crippen molar-refractivity contribution in [1.82, 2.24) is 5.32 Å². The van der Waals surface area contributed by atoms with Crippen LogP contribution in [0.2, 0.25) is 0 Å². The van der Waals surface area contributed by atoms with E-state index in [0.717, 1.165) is 46.0 Å². The smallest absolute Gasteiger partial charge is 0.0174 e. The number of rotatable bonds is 6. The number of hydrogen-bond acceptors (Lipinski definition) is 1. The van der Waals surface area contributed by atoms with E-state index < -0.39 is 0 Å². The second-order valence-corrected chi connectivity index (χ2v) is 9.36. The molecule has 1 N–H and O–H groups in total. The van der Waals surface area contributed by atoms with Gasteiger partial charge in [0.2, 0.25) is 0 Å². The lowest BCUT2D eigenvalue weighted by Crippen LogP contribution is -2.42. The van der Waals surface area contributed by atoms with Crippen LogP contribution < -0.4 is 5.32 Å². The Morgan fingerprint density at radius 1 is 1.00 bits per heavy atom. The van der Waals surface area contributed by atoms with E-state index in [4.69, 9.17) is 0 Å². The van der Waals surface area contributed by atoms with Gasteiger partial charge in [0.25, 0.3) is 0 Å². The van der Waals surface area contributed by atoms with Crippen molar-refractivity contribution >= 4 is 22.6 Å². The lowest BCUT2D eigenvalue weighted by molar-refractivity contribution is 0.0972. The van der Waals surface area contributed by atoms with E-state index in [9.17, 15) is 0 Å². The van der Waals surface area contributed by atoms with Gasteiger partial charge in [0, 0.05) is 3.92 Å². The third-order valence-electron chi connectivity index (χ3n) is 6.25. The predicted molar refractivity (Wildman–Crippen MR) is 102 cm³/mol. The molecule has 0 heterocycles. The molecule has 2 rings (SSSR count). The summed E-state index contributed by atoms with van der Waals surface area (Å²) in [5, 5.41) is 3.57. The first-order valence-electron chi connectivity index (χ1n) is 9.43. The summed E-state index contributed by atoms with van der Waals surface area (Å²) in [6.45, 7) is 12.0. The fraction of sp³-hybridized carbons (Fsp3) is 1.00. The molecule has 2 fully saturated rings. The van der Waals surface area contributed by atoms with Crippen molar-refractivity contribution in [3.05, 3.63) is 0 Å². The molecule has 0 spiro atoms. The molecule has 0 amide bonds. The Morgan fingerprint density at radius 3 is 2.38 bits per heavy atom. The molecule has 2 bridgehead atoms. The summed E-state index contributed by atoms with van der Waals surface area (Å²) in [7, 11) is 0. The second-order valence-electron chi connectivity index (χ2n) is 7.93. The molecule has 2 saturated carbocycles. The van der Waals surface area contributed by atoms with E-state index in [1.165, 1.54) is 45.1 Å². The van der Waals surface area contributed by atoms with Crippen molar-refractivity contribution in [2.75, 3.05) is 13.1 Å². The maximum Gasteiger partial charge on any atom is 0.0174 e. The van der Waals surface area contributed by atoms with E-state index in [-0.39, 0.29) is 0 Å². The molecule has 0 aromatic carbocycles. The van der Waals surface area contributed by atoms with Crippen molar-refractivity contribution in [2.45, 2.75) is 70.1 Å². The predicted octanol–water partition coefficient (Wildman–Crippen LogP) is 5.52. The third-order valence-corrected chi connectivity index (χ3v) is 8.01. The summed E-state index contributed by atoms with van der Waals surface area (Å²) in [6.07, 6.45) is 8.72. The molecule has 21 heavy (non-hydrogen) atoms. The highest BCUT2D eigenvalue weighted by atomic mass is 127. The minimum absolute atomic E-state index is 0.930. The van der Waals surface area contributed by atoms with Gasteiger partial charge in [0.1, 0.15) is 0 Å². The van der Waals surface area contributed by atoms with Gasteiger partial charge in [-0.15, -0.1) is 0 Å². The molecule has 0 aromatic heterocycles. The van der Waals surface area contributed by atoms with Crippen molar-refractivity contribution in [1.29, 1.82) is 0 Å². The van der Waals surface area contributed by atoms with Gasteiger partial charge in [-0.1, -0.05) is 63.1 Å². The molecule has 2 aliphatic rings. The standard InChI is InChI=1S/C19H36IN/c1-5-7-15-12-14(4)17-11-13(3)10-16(8-9-21-6-2)18(15)19(17)20/h13-19,21H,5-12H2,1-4H3. The zero-order valence-electron chi connectivity index (χ0n) is 14.6. The van der Waals surface area contributed by atoms with E-state index in [0.29, 0.717) is 0 Å². The van der Waals surface area contributed by atoms with Gasteiger partial charge in [-0.2, -0.15) is 0 Å². The van der Waals surface area contributed by atoms with E-state index in [1.54, 1.807) is 0 Å². The number of nitrogens with one attached hydrogen (secondary N) is 1. The van der Waals surface area contributed by atoms with Crippen LogP contribution in [0.4, 0.5) is 0 Å². The Bertz CT molecular complexity index is 304. The summed E-state index contributed by atoms with van der Waals surface area (Å²) in [6, 6.07) is 0. The fourth-order valence-corrected chi connectivity index (χ4v) is 7.54. The molecule has 0 aliphatic heterocycles. The van der Waals surface area contributed by atoms with Crippen LogP contribution in [0.3, 0.4) is 0 Å². The first-order chi connectivity index (χ1) is 10.1. The molecule has 0 saturated heterocycles. The van der Waals surface area contributed by atoms with E-state index in [1.807, 2.05) is 0 Å². The average Bonchev–Trinajstić information content (AvgIpc) is 2.52. The lowest BCUT2D eigenvalue weighted by atomic mass is 9.64. The van der Waals surface area contributed by atoms with Crippen LogP contribution in [-0.4, -0.2) is 17.0 Å². The zero-order valence-corrected chi connectivity index (χ0v) is 16.7. The zero-order chi connectivity index (χ0) is 15.4. The molecule has 124 valence electrons. The Kier molecular flexibility index (Phi) is 7.31. The van der Waals surface area contributed by atoms with Gasteiger partial charge in [-0.05, 0) is 74.3 Å². The van der Waals surface area contributed by atoms with Crippen LogP contribution in [0.15, 0.2) is 0 Å². The molecular weight excluding hydrogens is 369 g/mol. The fourth-order valence-electron chi connectivity index (χ4n) is 5.37. The number of halogens is 1. The topological polar surface area (TPSA) is 12.0 Å². The highest BCUT2D eigenvalue weighted by Crippen LogP contribution is 2.53. The molecule has 0 aromatic rings. The molecule has 7 unspecified atom stereocenters. The molecule has 7 atom stereocenters. The first kappa shape index (κ1) is 18.0. The maximum absolute atomic E-state index is 3.57. The normalized spacial score (nSPS) is 43.6. The highest BCUT2D eigenvalue weighted by molar-refractivity contribution is 14.1. The summed E-state index contributed by atoms with van der Waals surface area (Å²) in [5.41, 5.74) is 0. The Balaban J connectivity index is 2.15. The van der Waals surface area contributed by atoms with Crippen molar-refractivity contribution in [2.24, 2.45) is 35.5 Å². The summed E-state index contributed by atoms with van der Waals surface area (Å²) >= 11 is 2.86. The van der Waals surface area contributed by atoms with Crippen molar-refractivity contribution in [3.8, 4) is 0 Å². The molecule has 0 radical (unpaired) electrons. The molecule has 2 aliphatic carbocycles. The van der Waals surface area contributed by atoms with Gasteiger partial charge < -0.3 is 5.32 Å². The van der Waals surface area contributed by atoms with Gasteiger partial charge in [-0.25, -0.2) is 0 Å². The van der Waals surface area contributed by atoms with Gasteiger partial charge in [-0.3, -0.25) is 0 Å². The third kappa shape index (κ3) is 4.37. The summed E-state index contributed by atoms with van der Waals surface area (Å²) in [5.74, 6) is 5.84. The molecule has 1 nitrogen and oxygen atoms in total. The average molecular weight is 405 g/mol. The van der Waals surface area contributed by atoms with Gasteiger partial charge in [0.15, 0.2) is 0 Å². The van der Waals surface area contributed by atoms with Crippen LogP contribution >= 0.6 is 22.6 Å². The SMILES string of the molecule is CCCC1CC(C)C2CC(C)CC(CCNCC)C1C2I. The Labute approximate surface area is 146 Å². The number of hydrogen-bond donors (Lipinski definition) is 1. The number of alkyl halides is 1. The maximum atomic E-state index is 3.57. The number of fused-ring (bicyclic) bond motifs is 2. The minimum atomic E-state index is 0.930.